The summed E-state index contributed by atoms with van der Waals surface area (Å²) >= 11 is 3.64. The number of nitrogens with two attached hydrogens (primary N) is 1. The number of halogens is 1. The summed E-state index contributed by atoms with van der Waals surface area (Å²) in [6.07, 6.45) is 3.76. The second-order valence-electron chi connectivity index (χ2n) is 7.33. The average molecular weight is 433 g/mol. The molecule has 1 fully saturated rings. The van der Waals surface area contributed by atoms with Gasteiger partial charge in [-0.3, -0.25) is 9.69 Å². The fourth-order valence-electron chi connectivity index (χ4n) is 3.99. The molecule has 2 aliphatic rings. The minimum absolute atomic E-state index is 0.0329. The van der Waals surface area contributed by atoms with Gasteiger partial charge in [-0.15, -0.1) is 0 Å². The van der Waals surface area contributed by atoms with Crippen molar-refractivity contribution in [1.82, 2.24) is 14.5 Å². The maximum absolute atomic E-state index is 12.9. The fourth-order valence-corrected chi connectivity index (χ4v) is 4.40. The van der Waals surface area contributed by atoms with Gasteiger partial charge in [0.15, 0.2) is 12.1 Å². The SMILES string of the molecule is Cn1cnc2c(c1=O)N(Cc1ccccc1Br)C(N1CCC[C@@H](CN)C1)N2. The minimum atomic E-state index is -0.0935. The zero-order valence-corrected chi connectivity index (χ0v) is 17.0. The lowest BCUT2D eigenvalue weighted by Crippen LogP contribution is -2.54. The Hall–Kier alpha value is -1.90. The van der Waals surface area contributed by atoms with Crippen molar-refractivity contribution in [3.05, 3.63) is 51.0 Å². The van der Waals surface area contributed by atoms with Crippen LogP contribution in [0.5, 0.6) is 0 Å². The minimum Gasteiger partial charge on any atom is -0.335 e. The molecule has 2 aromatic rings. The van der Waals surface area contributed by atoms with Gasteiger partial charge in [0, 0.05) is 31.2 Å². The summed E-state index contributed by atoms with van der Waals surface area (Å²) in [5, 5.41) is 3.48. The van der Waals surface area contributed by atoms with Crippen molar-refractivity contribution in [3.63, 3.8) is 0 Å². The zero-order valence-electron chi connectivity index (χ0n) is 15.4. The molecule has 3 N–H and O–H groups in total. The summed E-state index contributed by atoms with van der Waals surface area (Å²) in [4.78, 5) is 21.9. The first kappa shape index (κ1) is 18.5. The van der Waals surface area contributed by atoms with Gasteiger partial charge in [0.2, 0.25) is 0 Å². The smallest absolute Gasteiger partial charge is 0.278 e. The zero-order chi connectivity index (χ0) is 19.0. The van der Waals surface area contributed by atoms with E-state index in [9.17, 15) is 4.79 Å². The van der Waals surface area contributed by atoms with Crippen molar-refractivity contribution in [2.24, 2.45) is 18.7 Å². The molecule has 1 saturated heterocycles. The summed E-state index contributed by atoms with van der Waals surface area (Å²) in [6, 6.07) is 8.13. The van der Waals surface area contributed by atoms with Gasteiger partial charge in [-0.25, -0.2) is 4.98 Å². The van der Waals surface area contributed by atoms with Gasteiger partial charge >= 0.3 is 0 Å². The first-order valence-corrected chi connectivity index (χ1v) is 10.1. The van der Waals surface area contributed by atoms with Gasteiger partial charge in [0.25, 0.3) is 5.56 Å². The van der Waals surface area contributed by atoms with Crippen LogP contribution in [-0.2, 0) is 13.6 Å². The van der Waals surface area contributed by atoms with Crippen LogP contribution >= 0.6 is 15.9 Å². The number of aromatic nitrogens is 2. The highest BCUT2D eigenvalue weighted by atomic mass is 79.9. The fraction of sp³-hybridized carbons (Fsp3) is 0.474. The summed E-state index contributed by atoms with van der Waals surface area (Å²) in [7, 11) is 1.74. The summed E-state index contributed by atoms with van der Waals surface area (Å²) in [6.45, 7) is 3.22. The number of benzene rings is 1. The number of likely N-dealkylation sites (tertiary alicyclic amines) is 1. The molecule has 0 amide bonds. The molecular weight excluding hydrogens is 408 g/mol. The Bertz CT molecular complexity index is 885. The number of hydrogen-bond donors (Lipinski definition) is 2. The molecule has 0 radical (unpaired) electrons. The predicted octanol–water partition coefficient (Wildman–Crippen LogP) is 1.93. The van der Waals surface area contributed by atoms with Crippen molar-refractivity contribution >= 4 is 27.4 Å². The van der Waals surface area contributed by atoms with Crippen molar-refractivity contribution in [2.45, 2.75) is 25.7 Å². The highest BCUT2D eigenvalue weighted by Crippen LogP contribution is 2.34. The third kappa shape index (κ3) is 3.49. The third-order valence-electron chi connectivity index (χ3n) is 5.48. The molecule has 1 unspecified atom stereocenters. The molecule has 2 aliphatic heterocycles. The molecule has 0 aliphatic carbocycles. The second kappa shape index (κ2) is 7.61. The van der Waals surface area contributed by atoms with E-state index in [2.05, 4.69) is 42.1 Å². The molecule has 144 valence electrons. The average Bonchev–Trinajstić information content (AvgIpc) is 3.06. The number of aryl methyl sites for hydroxylation is 1. The summed E-state index contributed by atoms with van der Waals surface area (Å²) in [5.41, 5.74) is 7.67. The van der Waals surface area contributed by atoms with Gasteiger partial charge in [0.1, 0.15) is 5.69 Å². The first-order chi connectivity index (χ1) is 13.1. The van der Waals surface area contributed by atoms with E-state index >= 15 is 0 Å². The molecule has 4 rings (SSSR count). The van der Waals surface area contributed by atoms with Crippen LogP contribution in [0.1, 0.15) is 18.4 Å². The van der Waals surface area contributed by atoms with Gasteiger partial charge < -0.3 is 20.5 Å². The number of piperidine rings is 1. The second-order valence-corrected chi connectivity index (χ2v) is 8.19. The van der Waals surface area contributed by atoms with E-state index in [0.29, 0.717) is 30.5 Å². The number of anilines is 2. The van der Waals surface area contributed by atoms with E-state index in [1.54, 1.807) is 13.4 Å². The van der Waals surface area contributed by atoms with Crippen LogP contribution in [0.2, 0.25) is 0 Å². The Labute approximate surface area is 167 Å². The van der Waals surface area contributed by atoms with Gasteiger partial charge in [-0.2, -0.15) is 0 Å². The standard InChI is InChI=1S/C19H25BrN6O/c1-24-12-22-17-16(18(24)27)26(11-14-6-2-3-7-15(14)20)19(23-17)25-8-4-5-13(9-21)10-25/h2-3,6-7,12-13,19,23H,4-5,8-11,21H2,1H3/t13-,19?/m0/s1. The molecule has 2 atom stereocenters. The highest BCUT2D eigenvalue weighted by molar-refractivity contribution is 9.10. The predicted molar refractivity (Wildman–Crippen MR) is 111 cm³/mol. The molecule has 3 heterocycles. The molecule has 8 heteroatoms. The number of nitrogens with zero attached hydrogens (tertiary/aromatic N) is 4. The van der Waals surface area contributed by atoms with Gasteiger partial charge in [0.05, 0.1) is 6.33 Å². The summed E-state index contributed by atoms with van der Waals surface area (Å²) < 4.78 is 2.57. The van der Waals surface area contributed by atoms with E-state index in [-0.39, 0.29) is 11.8 Å². The van der Waals surface area contributed by atoms with Crippen LogP contribution in [0.25, 0.3) is 0 Å². The van der Waals surface area contributed by atoms with E-state index < -0.39 is 0 Å². The quantitative estimate of drug-likeness (QED) is 0.768. The van der Waals surface area contributed by atoms with Crippen molar-refractivity contribution in [1.29, 1.82) is 0 Å². The Kier molecular flexibility index (Phi) is 5.21. The van der Waals surface area contributed by atoms with Crippen molar-refractivity contribution in [2.75, 3.05) is 29.9 Å². The van der Waals surface area contributed by atoms with Crippen LogP contribution in [0, 0.1) is 5.92 Å². The molecule has 27 heavy (non-hydrogen) atoms. The number of nitrogens with one attached hydrogen (secondary N) is 1. The van der Waals surface area contributed by atoms with Gasteiger partial charge in [-0.1, -0.05) is 34.1 Å². The largest absolute Gasteiger partial charge is 0.335 e. The monoisotopic (exact) mass is 432 g/mol. The van der Waals surface area contributed by atoms with Crippen LogP contribution in [-0.4, -0.2) is 40.4 Å². The van der Waals surface area contributed by atoms with E-state index in [1.165, 1.54) is 4.57 Å². The number of hydrogen-bond acceptors (Lipinski definition) is 6. The Morgan fingerprint density at radius 1 is 1.37 bits per heavy atom. The topological polar surface area (TPSA) is 79.4 Å². The Balaban J connectivity index is 1.71. The maximum atomic E-state index is 12.9. The lowest BCUT2D eigenvalue weighted by molar-refractivity contribution is 0.137. The van der Waals surface area contributed by atoms with Gasteiger partial charge in [-0.05, 0) is 36.9 Å². The van der Waals surface area contributed by atoms with Crippen molar-refractivity contribution in [3.8, 4) is 0 Å². The molecule has 0 spiro atoms. The lowest BCUT2D eigenvalue weighted by atomic mass is 9.98. The third-order valence-corrected chi connectivity index (χ3v) is 6.26. The summed E-state index contributed by atoms with van der Waals surface area (Å²) in [5.74, 6) is 1.15. The van der Waals surface area contributed by atoms with Crippen LogP contribution in [0.4, 0.5) is 11.5 Å². The molecular formula is C19H25BrN6O. The van der Waals surface area contributed by atoms with E-state index in [1.807, 2.05) is 18.2 Å². The van der Waals surface area contributed by atoms with Crippen LogP contribution in [0.15, 0.2) is 39.9 Å². The molecule has 7 nitrogen and oxygen atoms in total. The van der Waals surface area contributed by atoms with Crippen molar-refractivity contribution < 1.29 is 0 Å². The lowest BCUT2D eigenvalue weighted by Gasteiger charge is -2.40. The normalized spacial score (nSPS) is 22.6. The maximum Gasteiger partial charge on any atom is 0.278 e. The number of rotatable bonds is 4. The van der Waals surface area contributed by atoms with Crippen LogP contribution in [0.3, 0.4) is 0 Å². The highest BCUT2D eigenvalue weighted by Gasteiger charge is 2.38. The first-order valence-electron chi connectivity index (χ1n) is 9.35. The van der Waals surface area contributed by atoms with Crippen LogP contribution < -0.4 is 21.5 Å². The molecule has 0 saturated carbocycles. The Morgan fingerprint density at radius 3 is 2.96 bits per heavy atom. The van der Waals surface area contributed by atoms with E-state index in [4.69, 9.17) is 5.73 Å². The van der Waals surface area contributed by atoms with E-state index in [0.717, 1.165) is 36.0 Å². The number of fused-ring (bicyclic) bond motifs is 1. The Morgan fingerprint density at radius 2 is 2.19 bits per heavy atom. The molecule has 0 bridgehead atoms. The molecule has 1 aromatic carbocycles. The molecule has 1 aromatic heterocycles.